The van der Waals surface area contributed by atoms with Gasteiger partial charge in [-0.25, -0.2) is 4.39 Å². The van der Waals surface area contributed by atoms with Gasteiger partial charge < -0.3 is 15.2 Å². The Kier molecular flexibility index (Phi) is 6.66. The van der Waals surface area contributed by atoms with Crippen molar-refractivity contribution in [1.82, 2.24) is 5.16 Å². The largest absolute Gasteiger partial charge is 0.360 e. The number of carbonyl (C=O) groups excluding carboxylic acids is 2. The Labute approximate surface area is 171 Å². The van der Waals surface area contributed by atoms with Crippen molar-refractivity contribution in [1.29, 1.82) is 0 Å². The molecule has 0 fully saturated rings. The Bertz CT molecular complexity index is 1020. The molecule has 3 aromatic rings. The van der Waals surface area contributed by atoms with E-state index >= 15 is 0 Å². The molecule has 0 aliphatic carbocycles. The second-order valence-corrected chi connectivity index (χ2v) is 7.56. The zero-order valence-corrected chi connectivity index (χ0v) is 16.8. The SMILES string of the molecule is CCC(Sc1cccc(NC(=O)c2ccccc2F)c1)C(=O)Nc1cc(C)on1. The second kappa shape index (κ2) is 9.38. The summed E-state index contributed by atoms with van der Waals surface area (Å²) in [7, 11) is 0. The van der Waals surface area contributed by atoms with Crippen molar-refractivity contribution in [2.24, 2.45) is 0 Å². The maximum atomic E-state index is 13.8. The molecule has 0 saturated heterocycles. The lowest BCUT2D eigenvalue weighted by atomic mass is 10.2. The molecular formula is C21H20FN3O3S. The highest BCUT2D eigenvalue weighted by molar-refractivity contribution is 8.00. The average molecular weight is 413 g/mol. The quantitative estimate of drug-likeness (QED) is 0.539. The first kappa shape index (κ1) is 20.6. The smallest absolute Gasteiger partial charge is 0.258 e. The molecule has 0 bridgehead atoms. The van der Waals surface area contributed by atoms with Crippen LogP contribution in [-0.2, 0) is 4.79 Å². The van der Waals surface area contributed by atoms with Gasteiger partial charge in [0.25, 0.3) is 5.91 Å². The van der Waals surface area contributed by atoms with Crippen LogP contribution in [0.3, 0.4) is 0 Å². The lowest BCUT2D eigenvalue weighted by Crippen LogP contribution is -2.24. The first-order valence-electron chi connectivity index (χ1n) is 9.03. The Morgan fingerprint density at radius 3 is 2.62 bits per heavy atom. The van der Waals surface area contributed by atoms with E-state index in [9.17, 15) is 14.0 Å². The van der Waals surface area contributed by atoms with E-state index in [0.717, 1.165) is 4.90 Å². The van der Waals surface area contributed by atoms with Crippen LogP contribution in [0, 0.1) is 12.7 Å². The molecule has 2 amide bonds. The number of amides is 2. The number of thioether (sulfide) groups is 1. The molecule has 0 aliphatic rings. The molecule has 2 aromatic carbocycles. The summed E-state index contributed by atoms with van der Waals surface area (Å²) in [6.45, 7) is 3.66. The van der Waals surface area contributed by atoms with Crippen molar-refractivity contribution in [3.8, 4) is 0 Å². The first-order valence-corrected chi connectivity index (χ1v) is 9.91. The molecule has 0 radical (unpaired) electrons. The van der Waals surface area contributed by atoms with Crippen LogP contribution in [0.1, 0.15) is 29.5 Å². The van der Waals surface area contributed by atoms with Gasteiger partial charge in [0.1, 0.15) is 11.6 Å². The van der Waals surface area contributed by atoms with Gasteiger partial charge in [0.05, 0.1) is 10.8 Å². The van der Waals surface area contributed by atoms with E-state index in [0.29, 0.717) is 23.7 Å². The molecule has 0 spiro atoms. The van der Waals surface area contributed by atoms with Gasteiger partial charge in [0, 0.05) is 16.6 Å². The number of nitrogens with one attached hydrogen (secondary N) is 2. The summed E-state index contributed by atoms with van der Waals surface area (Å²) >= 11 is 1.37. The number of benzene rings is 2. The van der Waals surface area contributed by atoms with Gasteiger partial charge in [-0.1, -0.05) is 30.3 Å². The number of rotatable bonds is 7. The molecule has 1 atom stereocenters. The number of carbonyl (C=O) groups is 2. The molecule has 3 rings (SSSR count). The van der Waals surface area contributed by atoms with Gasteiger partial charge in [-0.15, -0.1) is 11.8 Å². The lowest BCUT2D eigenvalue weighted by molar-refractivity contribution is -0.115. The fourth-order valence-corrected chi connectivity index (χ4v) is 3.62. The molecule has 1 heterocycles. The molecule has 29 heavy (non-hydrogen) atoms. The molecular weight excluding hydrogens is 393 g/mol. The predicted octanol–water partition coefficient (Wildman–Crippen LogP) is 4.88. The number of nitrogens with zero attached hydrogens (tertiary/aromatic N) is 1. The van der Waals surface area contributed by atoms with Gasteiger partial charge in [-0.05, 0) is 43.7 Å². The van der Waals surface area contributed by atoms with E-state index in [2.05, 4.69) is 15.8 Å². The van der Waals surface area contributed by atoms with Crippen LogP contribution < -0.4 is 10.6 Å². The van der Waals surface area contributed by atoms with Crippen LogP contribution in [-0.4, -0.2) is 22.2 Å². The summed E-state index contributed by atoms with van der Waals surface area (Å²) in [5.41, 5.74) is 0.491. The van der Waals surface area contributed by atoms with E-state index in [4.69, 9.17) is 4.52 Å². The van der Waals surface area contributed by atoms with Crippen LogP contribution in [0.4, 0.5) is 15.9 Å². The van der Waals surface area contributed by atoms with Crippen LogP contribution in [0.2, 0.25) is 0 Å². The minimum Gasteiger partial charge on any atom is -0.360 e. The standard InChI is InChI=1S/C21H20FN3O3S/c1-3-18(21(27)24-19-11-13(2)28-25-19)29-15-8-6-7-14(12-15)23-20(26)16-9-4-5-10-17(16)22/h4-12,18H,3H2,1-2H3,(H,23,26)(H,24,25,27). The number of anilines is 2. The minimum absolute atomic E-state index is 0.0284. The second-order valence-electron chi connectivity index (χ2n) is 6.29. The Balaban J connectivity index is 1.67. The Hall–Kier alpha value is -3.13. The third kappa shape index (κ3) is 5.45. The van der Waals surface area contributed by atoms with Crippen molar-refractivity contribution in [3.63, 3.8) is 0 Å². The highest BCUT2D eigenvalue weighted by Crippen LogP contribution is 2.28. The first-order chi connectivity index (χ1) is 14.0. The third-order valence-corrected chi connectivity index (χ3v) is 5.39. The highest BCUT2D eigenvalue weighted by Gasteiger charge is 2.20. The average Bonchev–Trinajstić information content (AvgIpc) is 3.11. The van der Waals surface area contributed by atoms with Crippen molar-refractivity contribution < 1.29 is 18.5 Å². The Morgan fingerprint density at radius 2 is 1.93 bits per heavy atom. The van der Waals surface area contributed by atoms with Crippen LogP contribution in [0.15, 0.2) is 64.0 Å². The summed E-state index contributed by atoms with van der Waals surface area (Å²) in [6, 6.07) is 14.5. The summed E-state index contributed by atoms with van der Waals surface area (Å²) in [4.78, 5) is 25.6. The number of aryl methyl sites for hydroxylation is 1. The topological polar surface area (TPSA) is 84.2 Å². The van der Waals surface area contributed by atoms with Crippen molar-refractivity contribution in [2.45, 2.75) is 30.4 Å². The van der Waals surface area contributed by atoms with E-state index in [1.165, 1.54) is 30.0 Å². The summed E-state index contributed by atoms with van der Waals surface area (Å²) < 4.78 is 18.7. The van der Waals surface area contributed by atoms with Gasteiger partial charge in [0.2, 0.25) is 5.91 Å². The van der Waals surface area contributed by atoms with Gasteiger partial charge in [-0.2, -0.15) is 0 Å². The predicted molar refractivity (Wildman–Crippen MR) is 111 cm³/mol. The zero-order valence-electron chi connectivity index (χ0n) is 15.9. The highest BCUT2D eigenvalue weighted by atomic mass is 32.2. The van der Waals surface area contributed by atoms with E-state index in [1.807, 2.05) is 13.0 Å². The van der Waals surface area contributed by atoms with Crippen molar-refractivity contribution in [2.75, 3.05) is 10.6 Å². The maximum absolute atomic E-state index is 13.8. The fourth-order valence-electron chi connectivity index (χ4n) is 2.61. The molecule has 2 N–H and O–H groups in total. The maximum Gasteiger partial charge on any atom is 0.258 e. The summed E-state index contributed by atoms with van der Waals surface area (Å²) in [5, 5.41) is 8.83. The van der Waals surface area contributed by atoms with E-state index in [1.54, 1.807) is 37.3 Å². The minimum atomic E-state index is -0.582. The molecule has 0 saturated carbocycles. The number of hydrogen-bond acceptors (Lipinski definition) is 5. The molecule has 6 nitrogen and oxygen atoms in total. The monoisotopic (exact) mass is 413 g/mol. The lowest BCUT2D eigenvalue weighted by Gasteiger charge is -2.14. The Morgan fingerprint density at radius 1 is 1.14 bits per heavy atom. The molecule has 1 unspecified atom stereocenters. The van der Waals surface area contributed by atoms with Gasteiger partial charge in [-0.3, -0.25) is 9.59 Å². The van der Waals surface area contributed by atoms with Crippen LogP contribution in [0.5, 0.6) is 0 Å². The van der Waals surface area contributed by atoms with Crippen LogP contribution in [0.25, 0.3) is 0 Å². The van der Waals surface area contributed by atoms with Crippen LogP contribution >= 0.6 is 11.8 Å². The van der Waals surface area contributed by atoms with Crippen molar-refractivity contribution in [3.05, 3.63) is 71.7 Å². The summed E-state index contributed by atoms with van der Waals surface area (Å²) in [6.07, 6.45) is 0.596. The molecule has 1 aromatic heterocycles. The summed E-state index contributed by atoms with van der Waals surface area (Å²) in [5.74, 6) is -0.318. The number of hydrogen-bond donors (Lipinski definition) is 2. The molecule has 8 heteroatoms. The van der Waals surface area contributed by atoms with E-state index < -0.39 is 11.7 Å². The molecule has 0 aliphatic heterocycles. The molecule has 150 valence electrons. The normalized spacial score (nSPS) is 11.7. The zero-order chi connectivity index (χ0) is 20.8. The number of halogens is 1. The van der Waals surface area contributed by atoms with Gasteiger partial charge in [0.15, 0.2) is 5.82 Å². The fraction of sp³-hybridized carbons (Fsp3) is 0.190. The van der Waals surface area contributed by atoms with E-state index in [-0.39, 0.29) is 16.7 Å². The number of aromatic nitrogens is 1. The van der Waals surface area contributed by atoms with Gasteiger partial charge >= 0.3 is 0 Å². The third-order valence-electron chi connectivity index (χ3n) is 4.03. The van der Waals surface area contributed by atoms with Crippen molar-refractivity contribution >= 4 is 35.1 Å².